The van der Waals surface area contributed by atoms with Crippen molar-refractivity contribution < 1.29 is 0 Å². The number of hydrogen-bond acceptors (Lipinski definition) is 3. The van der Waals surface area contributed by atoms with E-state index in [1.807, 2.05) is 25.1 Å². The van der Waals surface area contributed by atoms with Gasteiger partial charge in [0.2, 0.25) is 0 Å². The molecular weight excluding hydrogens is 176 g/mol. The summed E-state index contributed by atoms with van der Waals surface area (Å²) >= 11 is 0. The Hall–Kier alpha value is -2.02. The van der Waals surface area contributed by atoms with E-state index >= 15 is 0 Å². The van der Waals surface area contributed by atoms with E-state index in [0.717, 1.165) is 16.6 Å². The second-order valence-corrected chi connectivity index (χ2v) is 3.18. The number of anilines is 1. The molecule has 0 amide bonds. The molecule has 0 atom stereocenters. The van der Waals surface area contributed by atoms with Gasteiger partial charge in [0, 0.05) is 11.1 Å². The molecule has 70 valence electrons. The van der Waals surface area contributed by atoms with Gasteiger partial charge in [-0.3, -0.25) is 4.68 Å². The van der Waals surface area contributed by atoms with Gasteiger partial charge in [0.15, 0.2) is 0 Å². The maximum Gasteiger partial charge on any atom is 0.128 e. The Balaban J connectivity index is 2.74. The van der Waals surface area contributed by atoms with Crippen molar-refractivity contribution in [1.82, 2.24) is 9.78 Å². The van der Waals surface area contributed by atoms with E-state index in [1.165, 1.54) is 0 Å². The Morgan fingerprint density at radius 2 is 2.36 bits per heavy atom. The third-order valence-corrected chi connectivity index (χ3v) is 2.18. The molecule has 4 nitrogen and oxygen atoms in total. The Kier molecular flexibility index (Phi) is 1.86. The SMILES string of the molecule is Cc1nn(CC#N)c2cc(N)ccc12. The molecule has 2 N–H and O–H groups in total. The van der Waals surface area contributed by atoms with Crippen molar-refractivity contribution >= 4 is 16.6 Å². The highest BCUT2D eigenvalue weighted by Gasteiger charge is 2.06. The van der Waals surface area contributed by atoms with Crippen LogP contribution in [-0.2, 0) is 6.54 Å². The van der Waals surface area contributed by atoms with Crippen LogP contribution in [0.3, 0.4) is 0 Å². The molecule has 0 bridgehead atoms. The van der Waals surface area contributed by atoms with Gasteiger partial charge in [-0.2, -0.15) is 10.4 Å². The lowest BCUT2D eigenvalue weighted by atomic mass is 10.2. The van der Waals surface area contributed by atoms with Gasteiger partial charge < -0.3 is 5.73 Å². The average Bonchev–Trinajstić information content (AvgIpc) is 2.44. The fraction of sp³-hybridized carbons (Fsp3) is 0.200. The first-order valence-electron chi connectivity index (χ1n) is 4.32. The highest BCUT2D eigenvalue weighted by Crippen LogP contribution is 2.20. The minimum absolute atomic E-state index is 0.258. The lowest BCUT2D eigenvalue weighted by Gasteiger charge is -1.97. The summed E-state index contributed by atoms with van der Waals surface area (Å²) in [5.74, 6) is 0. The van der Waals surface area contributed by atoms with E-state index < -0.39 is 0 Å². The van der Waals surface area contributed by atoms with Crippen LogP contribution in [0.25, 0.3) is 10.9 Å². The maximum atomic E-state index is 8.62. The van der Waals surface area contributed by atoms with Crippen LogP contribution in [0.15, 0.2) is 18.2 Å². The van der Waals surface area contributed by atoms with Crippen molar-refractivity contribution in [3.8, 4) is 6.07 Å². The Labute approximate surface area is 81.5 Å². The molecule has 0 radical (unpaired) electrons. The topological polar surface area (TPSA) is 67.6 Å². The second kappa shape index (κ2) is 3.04. The van der Waals surface area contributed by atoms with E-state index in [1.54, 1.807) is 4.68 Å². The standard InChI is InChI=1S/C10H10N4/c1-7-9-3-2-8(12)6-10(9)14(13-7)5-4-11/h2-3,6H,5,12H2,1H3. The van der Waals surface area contributed by atoms with Gasteiger partial charge in [-0.1, -0.05) is 0 Å². The van der Waals surface area contributed by atoms with Crippen LogP contribution < -0.4 is 5.73 Å². The fourth-order valence-corrected chi connectivity index (χ4v) is 1.54. The fourth-order valence-electron chi connectivity index (χ4n) is 1.54. The summed E-state index contributed by atoms with van der Waals surface area (Å²) in [5, 5.41) is 13.9. The molecule has 0 spiro atoms. The first-order valence-corrected chi connectivity index (χ1v) is 4.32. The first-order chi connectivity index (χ1) is 6.72. The highest BCUT2D eigenvalue weighted by atomic mass is 15.3. The van der Waals surface area contributed by atoms with Gasteiger partial charge in [-0.05, 0) is 25.1 Å². The number of nitrogen functional groups attached to an aromatic ring is 1. The van der Waals surface area contributed by atoms with Crippen LogP contribution >= 0.6 is 0 Å². The van der Waals surface area contributed by atoms with E-state index in [4.69, 9.17) is 11.0 Å². The molecule has 0 saturated carbocycles. The zero-order chi connectivity index (χ0) is 10.1. The normalized spacial score (nSPS) is 10.3. The lowest BCUT2D eigenvalue weighted by Crippen LogP contribution is -1.97. The van der Waals surface area contributed by atoms with Crippen LogP contribution in [-0.4, -0.2) is 9.78 Å². The molecule has 0 unspecified atom stereocenters. The Morgan fingerprint density at radius 3 is 3.07 bits per heavy atom. The number of nitrogens with two attached hydrogens (primary N) is 1. The summed E-state index contributed by atoms with van der Waals surface area (Å²) in [6.07, 6.45) is 0. The molecule has 0 aliphatic rings. The molecule has 2 aromatic rings. The van der Waals surface area contributed by atoms with Crippen LogP contribution in [0.4, 0.5) is 5.69 Å². The number of aryl methyl sites for hydroxylation is 1. The second-order valence-electron chi connectivity index (χ2n) is 3.18. The predicted octanol–water partition coefficient (Wildman–Crippen LogP) is 1.45. The molecule has 2 rings (SSSR count). The third-order valence-electron chi connectivity index (χ3n) is 2.18. The molecule has 14 heavy (non-hydrogen) atoms. The maximum absolute atomic E-state index is 8.62. The van der Waals surface area contributed by atoms with E-state index in [0.29, 0.717) is 5.69 Å². The van der Waals surface area contributed by atoms with E-state index in [-0.39, 0.29) is 6.54 Å². The number of fused-ring (bicyclic) bond motifs is 1. The smallest absolute Gasteiger partial charge is 0.128 e. The van der Waals surface area contributed by atoms with Crippen molar-refractivity contribution in [2.45, 2.75) is 13.5 Å². The molecule has 4 heteroatoms. The summed E-state index contributed by atoms with van der Waals surface area (Å²) < 4.78 is 1.67. The van der Waals surface area contributed by atoms with Crippen LogP contribution in [0, 0.1) is 18.3 Å². The first kappa shape index (κ1) is 8.57. The number of benzene rings is 1. The molecule has 0 aliphatic carbocycles. The van der Waals surface area contributed by atoms with Gasteiger partial charge in [0.1, 0.15) is 6.54 Å². The number of aromatic nitrogens is 2. The number of nitriles is 1. The van der Waals surface area contributed by atoms with Gasteiger partial charge >= 0.3 is 0 Å². The van der Waals surface area contributed by atoms with Crippen molar-refractivity contribution in [3.05, 3.63) is 23.9 Å². The summed E-state index contributed by atoms with van der Waals surface area (Å²) in [4.78, 5) is 0. The van der Waals surface area contributed by atoms with E-state index in [2.05, 4.69) is 11.2 Å². The van der Waals surface area contributed by atoms with Gasteiger partial charge in [-0.15, -0.1) is 0 Å². The van der Waals surface area contributed by atoms with Gasteiger partial charge in [0.05, 0.1) is 17.3 Å². The highest BCUT2D eigenvalue weighted by molar-refractivity contribution is 5.84. The van der Waals surface area contributed by atoms with E-state index in [9.17, 15) is 0 Å². The van der Waals surface area contributed by atoms with Crippen molar-refractivity contribution in [1.29, 1.82) is 5.26 Å². The zero-order valence-electron chi connectivity index (χ0n) is 7.86. The lowest BCUT2D eigenvalue weighted by molar-refractivity contribution is 0.726. The summed E-state index contributed by atoms with van der Waals surface area (Å²) in [5.41, 5.74) is 8.21. The van der Waals surface area contributed by atoms with Crippen LogP contribution in [0.2, 0.25) is 0 Å². The number of rotatable bonds is 1. The molecule has 1 aromatic carbocycles. The Morgan fingerprint density at radius 1 is 1.57 bits per heavy atom. The zero-order valence-corrected chi connectivity index (χ0v) is 7.86. The van der Waals surface area contributed by atoms with Crippen LogP contribution in [0.5, 0.6) is 0 Å². The van der Waals surface area contributed by atoms with Crippen molar-refractivity contribution in [3.63, 3.8) is 0 Å². The quantitative estimate of drug-likeness (QED) is 0.685. The molecule has 0 fully saturated rings. The third kappa shape index (κ3) is 1.19. The summed E-state index contributed by atoms with van der Waals surface area (Å²) in [6, 6.07) is 7.68. The predicted molar refractivity (Wildman–Crippen MR) is 54.5 cm³/mol. The average molecular weight is 186 g/mol. The summed E-state index contributed by atoms with van der Waals surface area (Å²) in [6.45, 7) is 2.18. The molecule has 1 aromatic heterocycles. The number of hydrogen-bond donors (Lipinski definition) is 1. The van der Waals surface area contributed by atoms with Crippen LogP contribution in [0.1, 0.15) is 5.69 Å². The molecule has 1 heterocycles. The van der Waals surface area contributed by atoms with Gasteiger partial charge in [-0.25, -0.2) is 0 Å². The minimum Gasteiger partial charge on any atom is -0.399 e. The molecule has 0 aliphatic heterocycles. The van der Waals surface area contributed by atoms with Crippen molar-refractivity contribution in [2.24, 2.45) is 0 Å². The largest absolute Gasteiger partial charge is 0.399 e. The van der Waals surface area contributed by atoms with Crippen molar-refractivity contribution in [2.75, 3.05) is 5.73 Å². The molecular formula is C10H10N4. The number of nitrogens with zero attached hydrogens (tertiary/aromatic N) is 3. The Bertz CT molecular complexity index is 519. The van der Waals surface area contributed by atoms with Gasteiger partial charge in [0.25, 0.3) is 0 Å². The minimum atomic E-state index is 0.258. The monoisotopic (exact) mass is 186 g/mol. The summed E-state index contributed by atoms with van der Waals surface area (Å²) in [7, 11) is 0. The molecule has 0 saturated heterocycles.